The first-order valence-corrected chi connectivity index (χ1v) is 7.65. The molecule has 0 aliphatic rings. The third-order valence-corrected chi connectivity index (χ3v) is 3.61. The molecule has 0 bridgehead atoms. The van der Waals surface area contributed by atoms with E-state index in [2.05, 4.69) is 41.4 Å². The van der Waals surface area contributed by atoms with Gasteiger partial charge in [-0.25, -0.2) is 4.98 Å². The average molecular weight is 292 g/mol. The van der Waals surface area contributed by atoms with Crippen molar-refractivity contribution in [1.29, 1.82) is 0 Å². The first-order valence-electron chi connectivity index (χ1n) is 7.65. The van der Waals surface area contributed by atoms with Crippen LogP contribution in [0.5, 0.6) is 0 Å². The lowest BCUT2D eigenvalue weighted by atomic mass is 10.2. The monoisotopic (exact) mass is 292 g/mol. The minimum atomic E-state index is -0.0317. The minimum absolute atomic E-state index is 0.0317. The zero-order valence-electron chi connectivity index (χ0n) is 13.9. The minimum Gasteiger partial charge on any atom is -0.373 e. The number of aryl methyl sites for hydroxylation is 1. The topological polar surface area (TPSA) is 57.3 Å². The first kappa shape index (κ1) is 17.4. The van der Waals surface area contributed by atoms with Crippen molar-refractivity contribution >= 4 is 11.7 Å². The van der Waals surface area contributed by atoms with Crippen LogP contribution in [-0.2, 0) is 6.42 Å². The molecule has 0 atom stereocenters. The van der Waals surface area contributed by atoms with Crippen LogP contribution in [0.2, 0.25) is 0 Å². The summed E-state index contributed by atoms with van der Waals surface area (Å²) in [5.74, 6) is 0.704. The molecule has 0 aliphatic carbocycles. The second-order valence-corrected chi connectivity index (χ2v) is 5.52. The van der Waals surface area contributed by atoms with Gasteiger partial charge in [0.05, 0.1) is 0 Å². The van der Waals surface area contributed by atoms with Crippen molar-refractivity contribution in [3.05, 3.63) is 23.4 Å². The number of carbonyl (C=O) groups is 1. The molecule has 1 aromatic heterocycles. The molecule has 0 radical (unpaired) electrons. The van der Waals surface area contributed by atoms with Gasteiger partial charge in [-0.2, -0.15) is 0 Å². The highest BCUT2D eigenvalue weighted by atomic mass is 16.1. The predicted octanol–water partition coefficient (Wildman–Crippen LogP) is 2.15. The standard InChI is InChI=1S/C16H28N4O/c1-6-14-10-13(11-15(17-4)19-14)16(21)18-8-7-9-20(5)12(2)3/h10-12H,6-9H2,1-5H3,(H,17,19)(H,18,21). The number of aromatic nitrogens is 1. The van der Waals surface area contributed by atoms with Crippen LogP contribution in [0.1, 0.15) is 43.2 Å². The molecule has 0 fully saturated rings. The molecule has 2 N–H and O–H groups in total. The highest BCUT2D eigenvalue weighted by Gasteiger charge is 2.09. The average Bonchev–Trinajstić information content (AvgIpc) is 2.50. The summed E-state index contributed by atoms with van der Waals surface area (Å²) < 4.78 is 0. The largest absolute Gasteiger partial charge is 0.373 e. The van der Waals surface area contributed by atoms with E-state index in [0.717, 1.165) is 30.9 Å². The molecule has 0 spiro atoms. The maximum atomic E-state index is 12.2. The van der Waals surface area contributed by atoms with E-state index in [9.17, 15) is 4.79 Å². The smallest absolute Gasteiger partial charge is 0.251 e. The van der Waals surface area contributed by atoms with Crippen molar-refractivity contribution < 1.29 is 4.79 Å². The van der Waals surface area contributed by atoms with Gasteiger partial charge in [0, 0.05) is 30.9 Å². The van der Waals surface area contributed by atoms with E-state index in [1.165, 1.54) is 0 Å². The van der Waals surface area contributed by atoms with E-state index in [1.807, 2.05) is 20.0 Å². The zero-order chi connectivity index (χ0) is 15.8. The van der Waals surface area contributed by atoms with Crippen molar-refractivity contribution in [2.24, 2.45) is 0 Å². The van der Waals surface area contributed by atoms with E-state index in [4.69, 9.17) is 0 Å². The van der Waals surface area contributed by atoms with Crippen molar-refractivity contribution in [2.75, 3.05) is 32.5 Å². The Morgan fingerprint density at radius 2 is 2.10 bits per heavy atom. The summed E-state index contributed by atoms with van der Waals surface area (Å²) in [6.45, 7) is 8.04. The van der Waals surface area contributed by atoms with E-state index in [0.29, 0.717) is 18.2 Å². The molecule has 1 rings (SSSR count). The summed E-state index contributed by atoms with van der Waals surface area (Å²) in [7, 11) is 3.91. The Kier molecular flexibility index (Phi) is 7.15. The molecule has 0 saturated carbocycles. The third kappa shape index (κ3) is 5.71. The van der Waals surface area contributed by atoms with Crippen molar-refractivity contribution in [3.63, 3.8) is 0 Å². The summed E-state index contributed by atoms with van der Waals surface area (Å²) in [6.07, 6.45) is 1.76. The molecule has 0 saturated heterocycles. The Bertz CT molecular complexity index is 437. The normalized spacial score (nSPS) is 11.0. The maximum absolute atomic E-state index is 12.2. The second kappa shape index (κ2) is 8.62. The van der Waals surface area contributed by atoms with Crippen LogP contribution in [0.15, 0.2) is 12.1 Å². The molecule has 5 heteroatoms. The van der Waals surface area contributed by atoms with E-state index < -0.39 is 0 Å². The maximum Gasteiger partial charge on any atom is 0.251 e. The van der Waals surface area contributed by atoms with Crippen LogP contribution in [-0.4, -0.2) is 49.0 Å². The van der Waals surface area contributed by atoms with E-state index in [-0.39, 0.29) is 5.91 Å². The third-order valence-electron chi connectivity index (χ3n) is 3.61. The molecule has 118 valence electrons. The quantitative estimate of drug-likeness (QED) is 0.721. The lowest BCUT2D eigenvalue weighted by molar-refractivity contribution is 0.0951. The summed E-state index contributed by atoms with van der Waals surface area (Å²) >= 11 is 0. The molecule has 5 nitrogen and oxygen atoms in total. The van der Waals surface area contributed by atoms with Crippen molar-refractivity contribution in [1.82, 2.24) is 15.2 Å². The molecule has 0 aromatic carbocycles. The van der Waals surface area contributed by atoms with Gasteiger partial charge in [-0.15, -0.1) is 0 Å². The van der Waals surface area contributed by atoms with Gasteiger partial charge < -0.3 is 15.5 Å². The highest BCUT2D eigenvalue weighted by molar-refractivity contribution is 5.95. The summed E-state index contributed by atoms with van der Waals surface area (Å²) in [6, 6.07) is 4.18. The molecule has 0 aliphatic heterocycles. The number of nitrogens with one attached hydrogen (secondary N) is 2. The number of nitrogens with zero attached hydrogens (tertiary/aromatic N) is 2. The molecule has 1 amide bonds. The summed E-state index contributed by atoms with van der Waals surface area (Å²) in [5, 5.41) is 5.97. The van der Waals surface area contributed by atoms with Gasteiger partial charge in [-0.1, -0.05) is 6.92 Å². The van der Waals surface area contributed by atoms with Gasteiger partial charge >= 0.3 is 0 Å². The Morgan fingerprint density at radius 3 is 2.67 bits per heavy atom. The Morgan fingerprint density at radius 1 is 1.38 bits per heavy atom. The molecular formula is C16H28N4O. The van der Waals surface area contributed by atoms with Gasteiger partial charge in [0.25, 0.3) is 5.91 Å². The lowest BCUT2D eigenvalue weighted by Gasteiger charge is -2.20. The first-order chi connectivity index (χ1) is 9.97. The van der Waals surface area contributed by atoms with Crippen molar-refractivity contribution in [2.45, 2.75) is 39.7 Å². The van der Waals surface area contributed by atoms with E-state index >= 15 is 0 Å². The predicted molar refractivity (Wildman–Crippen MR) is 87.9 cm³/mol. The van der Waals surface area contributed by atoms with Gasteiger partial charge in [-0.05, 0) is 52.4 Å². The van der Waals surface area contributed by atoms with Gasteiger partial charge in [0.1, 0.15) is 5.82 Å². The summed E-state index contributed by atoms with van der Waals surface area (Å²) in [5.41, 5.74) is 1.59. The Balaban J connectivity index is 2.52. The van der Waals surface area contributed by atoms with Gasteiger partial charge in [-0.3, -0.25) is 4.79 Å². The zero-order valence-corrected chi connectivity index (χ0v) is 13.9. The fourth-order valence-corrected chi connectivity index (χ4v) is 1.92. The second-order valence-electron chi connectivity index (χ2n) is 5.52. The number of carbonyl (C=O) groups excluding carboxylic acids is 1. The van der Waals surface area contributed by atoms with Crippen LogP contribution in [0.3, 0.4) is 0 Å². The molecule has 21 heavy (non-hydrogen) atoms. The molecule has 1 heterocycles. The Hall–Kier alpha value is -1.62. The van der Waals surface area contributed by atoms with Gasteiger partial charge in [0.2, 0.25) is 0 Å². The van der Waals surface area contributed by atoms with Crippen LogP contribution in [0.4, 0.5) is 5.82 Å². The van der Waals surface area contributed by atoms with E-state index in [1.54, 1.807) is 6.07 Å². The number of anilines is 1. The van der Waals surface area contributed by atoms with Crippen molar-refractivity contribution in [3.8, 4) is 0 Å². The fraction of sp³-hybridized carbons (Fsp3) is 0.625. The van der Waals surface area contributed by atoms with Crippen LogP contribution in [0, 0.1) is 0 Å². The van der Waals surface area contributed by atoms with Gasteiger partial charge in [0.15, 0.2) is 0 Å². The fourth-order valence-electron chi connectivity index (χ4n) is 1.92. The lowest BCUT2D eigenvalue weighted by Crippen LogP contribution is -2.31. The van der Waals surface area contributed by atoms with Crippen LogP contribution < -0.4 is 10.6 Å². The number of amides is 1. The molecule has 0 unspecified atom stereocenters. The number of pyridine rings is 1. The Labute approximate surface area is 128 Å². The number of hydrogen-bond acceptors (Lipinski definition) is 4. The molecule has 1 aromatic rings. The van der Waals surface area contributed by atoms with Crippen LogP contribution >= 0.6 is 0 Å². The highest BCUT2D eigenvalue weighted by Crippen LogP contribution is 2.10. The SMILES string of the molecule is CCc1cc(C(=O)NCCCN(C)C(C)C)cc(NC)n1. The summed E-state index contributed by atoms with van der Waals surface area (Å²) in [4.78, 5) is 18.8. The number of rotatable bonds is 8. The van der Waals surface area contributed by atoms with Crippen LogP contribution in [0.25, 0.3) is 0 Å². The number of hydrogen-bond donors (Lipinski definition) is 2. The molecular weight excluding hydrogens is 264 g/mol.